The highest BCUT2D eigenvalue weighted by Gasteiger charge is 2.23. The van der Waals surface area contributed by atoms with E-state index in [2.05, 4.69) is 19.9 Å². The van der Waals surface area contributed by atoms with Crippen LogP contribution < -0.4 is 10.5 Å². The Morgan fingerprint density at radius 2 is 1.74 bits per heavy atom. The average Bonchev–Trinajstić information content (AvgIpc) is 2.87. The standard InChI is InChI=1S/C24H21ClN6O2S/c25-18-5-2-16(3-6-18)15-31-22(33)19-7-4-17(14-20(19)28-24(31)34)21(32)29-10-12-30(13-11-29)23-26-8-1-9-27-23/h1-9,14H,10-13,15H2,(H,28,34). The number of halogens is 1. The van der Waals surface area contributed by atoms with Gasteiger partial charge >= 0.3 is 0 Å². The molecule has 172 valence electrons. The van der Waals surface area contributed by atoms with E-state index < -0.39 is 0 Å². The van der Waals surface area contributed by atoms with Crippen LogP contribution in [-0.4, -0.2) is 56.5 Å². The first-order chi connectivity index (χ1) is 16.5. The molecule has 0 unspecified atom stereocenters. The lowest BCUT2D eigenvalue weighted by Crippen LogP contribution is -2.49. The Morgan fingerprint density at radius 1 is 1.03 bits per heavy atom. The molecular formula is C24H21ClN6O2S. The van der Waals surface area contributed by atoms with Crippen molar-refractivity contribution in [2.45, 2.75) is 6.54 Å². The SMILES string of the molecule is O=C(c1ccc2c(=O)n(Cc3ccc(Cl)cc3)c(=S)[nH]c2c1)N1CCN(c2ncccn2)CC1. The minimum atomic E-state index is -0.204. The number of anilines is 1. The molecule has 5 rings (SSSR count). The van der Waals surface area contributed by atoms with Crippen LogP contribution in [0.4, 0.5) is 5.95 Å². The van der Waals surface area contributed by atoms with Gasteiger partial charge in [0, 0.05) is 49.2 Å². The fourth-order valence-corrected chi connectivity index (χ4v) is 4.43. The third-order valence-electron chi connectivity index (χ3n) is 5.88. The van der Waals surface area contributed by atoms with Crippen LogP contribution >= 0.6 is 23.8 Å². The molecule has 1 N–H and O–H groups in total. The summed E-state index contributed by atoms with van der Waals surface area (Å²) in [5.41, 5.74) is 1.77. The van der Waals surface area contributed by atoms with Gasteiger partial charge in [-0.2, -0.15) is 0 Å². The number of amides is 1. The Bertz CT molecular complexity index is 1460. The van der Waals surface area contributed by atoms with Crippen molar-refractivity contribution in [3.63, 3.8) is 0 Å². The third-order valence-corrected chi connectivity index (χ3v) is 6.46. The van der Waals surface area contributed by atoms with Gasteiger partial charge in [0.25, 0.3) is 11.5 Å². The highest BCUT2D eigenvalue weighted by Crippen LogP contribution is 2.17. The van der Waals surface area contributed by atoms with E-state index in [1.807, 2.05) is 12.1 Å². The number of H-pyrrole nitrogens is 1. The van der Waals surface area contributed by atoms with E-state index in [-0.39, 0.29) is 11.5 Å². The summed E-state index contributed by atoms with van der Waals surface area (Å²) in [6.45, 7) is 2.77. The second-order valence-corrected chi connectivity index (χ2v) is 8.86. The van der Waals surface area contributed by atoms with E-state index in [1.165, 1.54) is 4.57 Å². The molecule has 0 radical (unpaired) electrons. The zero-order valence-electron chi connectivity index (χ0n) is 18.1. The van der Waals surface area contributed by atoms with Gasteiger partial charge in [0.15, 0.2) is 4.77 Å². The van der Waals surface area contributed by atoms with Crippen molar-refractivity contribution in [1.29, 1.82) is 0 Å². The number of hydrogen-bond donors (Lipinski definition) is 1. The molecule has 34 heavy (non-hydrogen) atoms. The smallest absolute Gasteiger partial charge is 0.262 e. The van der Waals surface area contributed by atoms with Gasteiger partial charge in [0.05, 0.1) is 17.4 Å². The van der Waals surface area contributed by atoms with E-state index in [1.54, 1.807) is 53.7 Å². The monoisotopic (exact) mass is 492 g/mol. The molecule has 1 aliphatic heterocycles. The summed E-state index contributed by atoms with van der Waals surface area (Å²) >= 11 is 11.4. The lowest BCUT2D eigenvalue weighted by Gasteiger charge is -2.34. The van der Waals surface area contributed by atoms with Gasteiger partial charge in [-0.05, 0) is 54.2 Å². The summed E-state index contributed by atoms with van der Waals surface area (Å²) in [5, 5.41) is 1.11. The Labute approximate surface area is 205 Å². The maximum absolute atomic E-state index is 13.1. The number of carbonyl (C=O) groups excluding carboxylic acids is 1. The zero-order chi connectivity index (χ0) is 23.7. The number of aromatic amines is 1. The minimum Gasteiger partial charge on any atom is -0.337 e. The van der Waals surface area contributed by atoms with Crippen molar-refractivity contribution in [2.24, 2.45) is 0 Å². The van der Waals surface area contributed by atoms with E-state index in [0.29, 0.717) is 64.9 Å². The zero-order valence-corrected chi connectivity index (χ0v) is 19.7. The lowest BCUT2D eigenvalue weighted by atomic mass is 10.1. The molecule has 3 heterocycles. The number of nitrogens with one attached hydrogen (secondary N) is 1. The van der Waals surface area contributed by atoms with Gasteiger partial charge in [-0.25, -0.2) is 9.97 Å². The summed E-state index contributed by atoms with van der Waals surface area (Å²) in [6, 6.07) is 14.1. The average molecular weight is 493 g/mol. The van der Waals surface area contributed by atoms with Crippen molar-refractivity contribution in [3.8, 4) is 0 Å². The van der Waals surface area contributed by atoms with Gasteiger partial charge in [-0.1, -0.05) is 23.7 Å². The third kappa shape index (κ3) is 4.44. The van der Waals surface area contributed by atoms with Gasteiger partial charge in [-0.3, -0.25) is 14.2 Å². The molecule has 10 heteroatoms. The summed E-state index contributed by atoms with van der Waals surface area (Å²) in [6.07, 6.45) is 3.42. The van der Waals surface area contributed by atoms with Crippen LogP contribution in [0, 0.1) is 4.77 Å². The quantitative estimate of drug-likeness (QED) is 0.439. The molecule has 0 aliphatic carbocycles. The van der Waals surface area contributed by atoms with Crippen LogP contribution in [0.1, 0.15) is 15.9 Å². The number of piperazine rings is 1. The van der Waals surface area contributed by atoms with Crippen LogP contribution in [0.5, 0.6) is 0 Å². The second-order valence-electron chi connectivity index (χ2n) is 8.04. The van der Waals surface area contributed by atoms with Crippen LogP contribution in [0.25, 0.3) is 10.9 Å². The summed E-state index contributed by atoms with van der Waals surface area (Å²) in [4.78, 5) is 41.8. The number of fused-ring (bicyclic) bond motifs is 1. The van der Waals surface area contributed by atoms with Gasteiger partial charge in [-0.15, -0.1) is 0 Å². The minimum absolute atomic E-state index is 0.0832. The van der Waals surface area contributed by atoms with Crippen molar-refractivity contribution >= 4 is 46.6 Å². The van der Waals surface area contributed by atoms with Gasteiger partial charge in [0.2, 0.25) is 5.95 Å². The summed E-state index contributed by atoms with van der Waals surface area (Å²) in [5.74, 6) is 0.586. The molecule has 4 aromatic rings. The van der Waals surface area contributed by atoms with E-state index in [0.717, 1.165) is 5.56 Å². The first-order valence-corrected chi connectivity index (χ1v) is 11.6. The molecule has 0 bridgehead atoms. The first-order valence-electron chi connectivity index (χ1n) is 10.8. The number of rotatable bonds is 4. The molecule has 1 saturated heterocycles. The summed E-state index contributed by atoms with van der Waals surface area (Å²) < 4.78 is 1.81. The molecule has 0 saturated carbocycles. The van der Waals surface area contributed by atoms with Crippen LogP contribution in [0.2, 0.25) is 5.02 Å². The lowest BCUT2D eigenvalue weighted by molar-refractivity contribution is 0.0746. The largest absolute Gasteiger partial charge is 0.337 e. The highest BCUT2D eigenvalue weighted by molar-refractivity contribution is 7.71. The fraction of sp³-hybridized carbons (Fsp3) is 0.208. The maximum atomic E-state index is 13.1. The molecule has 1 fully saturated rings. The van der Waals surface area contributed by atoms with Crippen LogP contribution in [-0.2, 0) is 6.54 Å². The molecular weight excluding hydrogens is 472 g/mol. The number of hydrogen-bond acceptors (Lipinski definition) is 6. The molecule has 2 aromatic carbocycles. The molecule has 1 aliphatic rings. The molecule has 8 nitrogen and oxygen atoms in total. The van der Waals surface area contributed by atoms with Crippen LogP contribution in [0.3, 0.4) is 0 Å². The summed E-state index contributed by atoms with van der Waals surface area (Å²) in [7, 11) is 0. The Kier molecular flexibility index (Phi) is 6.12. The van der Waals surface area contributed by atoms with Gasteiger partial charge in [0.1, 0.15) is 0 Å². The number of nitrogens with zero attached hydrogens (tertiary/aromatic N) is 5. The number of benzene rings is 2. The Balaban J connectivity index is 1.36. The van der Waals surface area contributed by atoms with E-state index >= 15 is 0 Å². The Morgan fingerprint density at radius 3 is 2.44 bits per heavy atom. The number of carbonyl (C=O) groups is 1. The molecule has 0 spiro atoms. The predicted octanol–water partition coefficient (Wildman–Crippen LogP) is 3.51. The van der Waals surface area contributed by atoms with Crippen LogP contribution in [0.15, 0.2) is 65.7 Å². The fourth-order valence-electron chi connectivity index (χ4n) is 4.05. The van der Waals surface area contributed by atoms with E-state index in [9.17, 15) is 9.59 Å². The van der Waals surface area contributed by atoms with Gasteiger partial charge < -0.3 is 14.8 Å². The molecule has 1 amide bonds. The maximum Gasteiger partial charge on any atom is 0.262 e. The predicted molar refractivity (Wildman–Crippen MR) is 134 cm³/mol. The molecule has 0 atom stereocenters. The second kappa shape index (κ2) is 9.36. The topological polar surface area (TPSA) is 87.1 Å². The first kappa shape index (κ1) is 22.2. The highest BCUT2D eigenvalue weighted by atomic mass is 35.5. The van der Waals surface area contributed by atoms with Crippen molar-refractivity contribution < 1.29 is 4.79 Å². The van der Waals surface area contributed by atoms with Crippen molar-refractivity contribution in [2.75, 3.05) is 31.1 Å². The normalized spacial score (nSPS) is 13.9. The molecule has 2 aromatic heterocycles. The van der Waals surface area contributed by atoms with E-state index in [4.69, 9.17) is 23.8 Å². The van der Waals surface area contributed by atoms with Crippen molar-refractivity contribution in [1.82, 2.24) is 24.4 Å². The Hall–Kier alpha value is -3.56. The van der Waals surface area contributed by atoms with Crippen molar-refractivity contribution in [3.05, 3.63) is 92.2 Å². The number of aromatic nitrogens is 4.